The molecule has 3 rings (SSSR count). The number of amides is 1. The van der Waals surface area contributed by atoms with Gasteiger partial charge in [0.15, 0.2) is 0 Å². The van der Waals surface area contributed by atoms with E-state index in [0.29, 0.717) is 18.7 Å². The van der Waals surface area contributed by atoms with E-state index in [0.717, 1.165) is 26.2 Å². The molecule has 2 aliphatic rings. The fourth-order valence-corrected chi connectivity index (χ4v) is 3.39. The van der Waals surface area contributed by atoms with Crippen LogP contribution in [0, 0.1) is 5.82 Å². The molecule has 7 heteroatoms. The molecule has 1 atom stereocenters. The summed E-state index contributed by atoms with van der Waals surface area (Å²) >= 11 is 0. The van der Waals surface area contributed by atoms with Crippen LogP contribution in [0.15, 0.2) is 24.3 Å². The minimum absolute atomic E-state index is 0.0403. The molecule has 24 heavy (non-hydrogen) atoms. The van der Waals surface area contributed by atoms with Crippen LogP contribution in [0.5, 0.6) is 0 Å². The molecular formula is C17H22FN3O3. The highest BCUT2D eigenvalue weighted by Gasteiger charge is 2.38. The number of benzene rings is 1. The Bertz CT molecular complexity index is 617. The van der Waals surface area contributed by atoms with Crippen LogP contribution in [0.2, 0.25) is 0 Å². The summed E-state index contributed by atoms with van der Waals surface area (Å²) in [5, 5.41) is 0. The van der Waals surface area contributed by atoms with Crippen molar-refractivity contribution in [1.29, 1.82) is 0 Å². The van der Waals surface area contributed by atoms with Crippen molar-refractivity contribution in [2.45, 2.75) is 12.5 Å². The van der Waals surface area contributed by atoms with Crippen molar-refractivity contribution in [2.75, 3.05) is 51.3 Å². The van der Waals surface area contributed by atoms with Crippen LogP contribution in [0.1, 0.15) is 6.42 Å². The zero-order valence-electron chi connectivity index (χ0n) is 13.8. The molecule has 0 N–H and O–H groups in total. The number of anilines is 1. The lowest BCUT2D eigenvalue weighted by atomic mass is 10.2. The summed E-state index contributed by atoms with van der Waals surface area (Å²) in [4.78, 5) is 29.7. The third-order valence-electron chi connectivity index (χ3n) is 4.75. The number of esters is 1. The van der Waals surface area contributed by atoms with Gasteiger partial charge in [-0.2, -0.15) is 0 Å². The molecule has 0 aromatic heterocycles. The van der Waals surface area contributed by atoms with Gasteiger partial charge in [0.05, 0.1) is 25.4 Å². The maximum atomic E-state index is 13.9. The summed E-state index contributed by atoms with van der Waals surface area (Å²) in [6.07, 6.45) is 0.699. The molecule has 1 unspecified atom stereocenters. The minimum atomic E-state index is -0.366. The Morgan fingerprint density at radius 2 is 1.92 bits per heavy atom. The van der Waals surface area contributed by atoms with Crippen LogP contribution in [0.4, 0.5) is 10.1 Å². The number of hydrogen-bond acceptors (Lipinski definition) is 5. The molecule has 6 nitrogen and oxygen atoms in total. The quantitative estimate of drug-likeness (QED) is 0.759. The third kappa shape index (κ3) is 3.42. The SMILES string of the molecule is COC(=O)CN1CCN(C2CCN(c3ccccc3F)C2=O)CC1. The lowest BCUT2D eigenvalue weighted by Gasteiger charge is -2.36. The maximum absolute atomic E-state index is 13.9. The van der Waals surface area contributed by atoms with Gasteiger partial charge in [-0.1, -0.05) is 12.1 Å². The zero-order chi connectivity index (χ0) is 17.1. The largest absolute Gasteiger partial charge is 0.468 e. The van der Waals surface area contributed by atoms with E-state index in [1.807, 2.05) is 4.90 Å². The first-order valence-corrected chi connectivity index (χ1v) is 8.19. The Balaban J connectivity index is 1.59. The smallest absolute Gasteiger partial charge is 0.319 e. The van der Waals surface area contributed by atoms with E-state index >= 15 is 0 Å². The first kappa shape index (κ1) is 16.9. The summed E-state index contributed by atoms with van der Waals surface area (Å²) in [6.45, 7) is 3.70. The van der Waals surface area contributed by atoms with Gasteiger partial charge in [0.25, 0.3) is 0 Å². The second kappa shape index (κ2) is 7.27. The molecule has 2 heterocycles. The minimum Gasteiger partial charge on any atom is -0.468 e. The topological polar surface area (TPSA) is 53.1 Å². The fourth-order valence-electron chi connectivity index (χ4n) is 3.39. The maximum Gasteiger partial charge on any atom is 0.319 e. The van der Waals surface area contributed by atoms with Gasteiger partial charge in [-0.05, 0) is 18.6 Å². The van der Waals surface area contributed by atoms with Crippen LogP contribution in [-0.2, 0) is 14.3 Å². The Hall–Kier alpha value is -1.99. The highest BCUT2D eigenvalue weighted by atomic mass is 19.1. The Kier molecular flexibility index (Phi) is 5.11. The predicted molar refractivity (Wildman–Crippen MR) is 87.2 cm³/mol. The van der Waals surface area contributed by atoms with Gasteiger partial charge in [-0.15, -0.1) is 0 Å². The highest BCUT2D eigenvalue weighted by Crippen LogP contribution is 2.27. The Morgan fingerprint density at radius 3 is 2.58 bits per heavy atom. The number of para-hydroxylation sites is 1. The van der Waals surface area contributed by atoms with Crippen molar-refractivity contribution in [3.05, 3.63) is 30.1 Å². The number of methoxy groups -OCH3 is 1. The molecule has 0 aliphatic carbocycles. The molecule has 1 aromatic carbocycles. The molecule has 0 radical (unpaired) electrons. The molecule has 2 saturated heterocycles. The van der Waals surface area contributed by atoms with Crippen molar-refractivity contribution >= 4 is 17.6 Å². The average molecular weight is 335 g/mol. The molecule has 1 amide bonds. The van der Waals surface area contributed by atoms with Gasteiger partial charge >= 0.3 is 5.97 Å². The monoisotopic (exact) mass is 335 g/mol. The molecular weight excluding hydrogens is 313 g/mol. The summed E-state index contributed by atoms with van der Waals surface area (Å²) in [7, 11) is 1.38. The summed E-state index contributed by atoms with van der Waals surface area (Å²) in [6, 6.07) is 6.18. The molecule has 2 aliphatic heterocycles. The van der Waals surface area contributed by atoms with Crippen LogP contribution in [-0.4, -0.2) is 74.1 Å². The Morgan fingerprint density at radius 1 is 1.21 bits per heavy atom. The standard InChI is InChI=1S/C17H22FN3O3/c1-24-16(22)12-19-8-10-20(11-9-19)15-6-7-21(17(15)23)14-5-3-2-4-13(14)18/h2-5,15H,6-12H2,1H3. The van der Waals surface area contributed by atoms with Crippen molar-refractivity contribution < 1.29 is 18.7 Å². The first-order valence-electron chi connectivity index (χ1n) is 8.19. The second-order valence-electron chi connectivity index (χ2n) is 6.13. The van der Waals surface area contributed by atoms with Gasteiger partial charge in [0, 0.05) is 32.7 Å². The number of ether oxygens (including phenoxy) is 1. The summed E-state index contributed by atoms with van der Waals surface area (Å²) < 4.78 is 18.6. The van der Waals surface area contributed by atoms with Crippen LogP contribution in [0.3, 0.4) is 0 Å². The normalized spacial score (nSPS) is 22.8. The summed E-state index contributed by atoms with van der Waals surface area (Å²) in [5.41, 5.74) is 0.356. The first-order chi connectivity index (χ1) is 11.6. The van der Waals surface area contributed by atoms with Crippen molar-refractivity contribution in [1.82, 2.24) is 9.80 Å². The van der Waals surface area contributed by atoms with Gasteiger partial charge < -0.3 is 9.64 Å². The number of halogens is 1. The number of hydrogen-bond donors (Lipinski definition) is 0. The van der Waals surface area contributed by atoms with Crippen molar-refractivity contribution in [3.8, 4) is 0 Å². The number of carbonyl (C=O) groups is 2. The van der Waals surface area contributed by atoms with Crippen molar-refractivity contribution in [2.24, 2.45) is 0 Å². The van der Waals surface area contributed by atoms with Gasteiger partial charge in [-0.25, -0.2) is 4.39 Å². The van der Waals surface area contributed by atoms with Crippen LogP contribution in [0.25, 0.3) is 0 Å². The van der Waals surface area contributed by atoms with E-state index < -0.39 is 0 Å². The average Bonchev–Trinajstić information content (AvgIpc) is 2.97. The van der Waals surface area contributed by atoms with E-state index in [-0.39, 0.29) is 30.3 Å². The zero-order valence-corrected chi connectivity index (χ0v) is 13.8. The fraction of sp³-hybridized carbons (Fsp3) is 0.529. The molecule has 0 saturated carbocycles. The van der Waals surface area contributed by atoms with E-state index in [1.54, 1.807) is 23.1 Å². The Labute approximate surface area is 140 Å². The van der Waals surface area contributed by atoms with Crippen LogP contribution < -0.4 is 4.90 Å². The number of piperazine rings is 1. The van der Waals surface area contributed by atoms with Crippen molar-refractivity contribution in [3.63, 3.8) is 0 Å². The molecule has 0 spiro atoms. The number of rotatable bonds is 4. The molecule has 0 bridgehead atoms. The lowest BCUT2D eigenvalue weighted by molar-refractivity contribution is -0.142. The summed E-state index contributed by atoms with van der Waals surface area (Å²) in [5.74, 6) is -0.651. The second-order valence-corrected chi connectivity index (χ2v) is 6.13. The van der Waals surface area contributed by atoms with Crippen LogP contribution >= 0.6 is 0 Å². The van der Waals surface area contributed by atoms with E-state index in [9.17, 15) is 14.0 Å². The van der Waals surface area contributed by atoms with Gasteiger partial charge in [-0.3, -0.25) is 19.4 Å². The van der Waals surface area contributed by atoms with E-state index in [4.69, 9.17) is 0 Å². The van der Waals surface area contributed by atoms with Gasteiger partial charge in [0.2, 0.25) is 5.91 Å². The molecule has 130 valence electrons. The third-order valence-corrected chi connectivity index (χ3v) is 4.75. The number of carbonyl (C=O) groups excluding carboxylic acids is 2. The lowest BCUT2D eigenvalue weighted by Crippen LogP contribution is -2.53. The predicted octanol–water partition coefficient (Wildman–Crippen LogP) is 0.722. The highest BCUT2D eigenvalue weighted by molar-refractivity contribution is 5.99. The van der Waals surface area contributed by atoms with E-state index in [2.05, 4.69) is 9.64 Å². The molecule has 1 aromatic rings. The van der Waals surface area contributed by atoms with Gasteiger partial charge in [0.1, 0.15) is 5.82 Å². The number of nitrogens with zero attached hydrogens (tertiary/aromatic N) is 3. The molecule has 2 fully saturated rings. The van der Waals surface area contributed by atoms with E-state index in [1.165, 1.54) is 13.2 Å².